The Kier molecular flexibility index (Phi) is 9.84. The van der Waals surface area contributed by atoms with E-state index in [1.165, 1.54) is 19.3 Å². The van der Waals surface area contributed by atoms with Crippen molar-refractivity contribution in [3.8, 4) is 11.1 Å². The van der Waals surface area contributed by atoms with Crippen LogP contribution in [0.4, 0.5) is 4.79 Å². The minimum atomic E-state index is -0.463. The van der Waals surface area contributed by atoms with E-state index < -0.39 is 6.29 Å². The van der Waals surface area contributed by atoms with Gasteiger partial charge in [0.15, 0.2) is 6.29 Å². The van der Waals surface area contributed by atoms with Gasteiger partial charge in [0.05, 0.1) is 18.8 Å². The molecule has 2 aliphatic heterocycles. The Morgan fingerprint density at radius 1 is 0.900 bits per heavy atom. The van der Waals surface area contributed by atoms with E-state index >= 15 is 0 Å². The van der Waals surface area contributed by atoms with E-state index in [0.717, 1.165) is 59.4 Å². The number of nitrogens with one attached hydrogen (secondary N) is 2. The normalized spacial score (nSPS) is 21.6. The van der Waals surface area contributed by atoms with Gasteiger partial charge in [-0.25, -0.2) is 4.79 Å². The summed E-state index contributed by atoms with van der Waals surface area (Å²) >= 11 is 0. The molecule has 3 aromatic rings. The number of hydrogen-bond acceptors (Lipinski definition) is 5. The second-order valence-electron chi connectivity index (χ2n) is 10.7. The molecule has 212 valence electrons. The lowest BCUT2D eigenvalue weighted by Crippen LogP contribution is -2.41. The van der Waals surface area contributed by atoms with Gasteiger partial charge in [-0.1, -0.05) is 79.2 Å². The fourth-order valence-electron chi connectivity index (χ4n) is 5.64. The fraction of sp³-hybridized carbons (Fsp3) is 0.424. The van der Waals surface area contributed by atoms with Gasteiger partial charge in [-0.15, -0.1) is 0 Å². The molecule has 2 saturated heterocycles. The first-order valence-electron chi connectivity index (χ1n) is 14.6. The van der Waals surface area contributed by atoms with Crippen LogP contribution in [0, 0.1) is 0 Å². The van der Waals surface area contributed by atoms with Gasteiger partial charge in [0.25, 0.3) is 0 Å². The Bertz CT molecular complexity index is 1230. The standard InChI is InChI=1S/C33H41N3O4/c1-2-34-33(38)35-21-28-8-4-5-9-30(28)25-14-16-27(17-15-25)32-39-29(22-36-18-6-3-7-19-36)20-31(40-32)26-12-10-24(23-37)11-13-26/h4-5,8-17,29,31-32,37H,2-3,6-7,18-23H2,1H3,(H2,34,35,38). The summed E-state index contributed by atoms with van der Waals surface area (Å²) in [6.45, 7) is 6.15. The topological polar surface area (TPSA) is 83.1 Å². The molecule has 2 aliphatic rings. The number of urea groups is 1. The molecular weight excluding hydrogens is 502 g/mol. The third-order valence-electron chi connectivity index (χ3n) is 7.81. The largest absolute Gasteiger partial charge is 0.392 e. The van der Waals surface area contributed by atoms with Crippen LogP contribution in [-0.4, -0.2) is 48.3 Å². The summed E-state index contributed by atoms with van der Waals surface area (Å²) in [6, 6.07) is 24.4. The Labute approximate surface area is 237 Å². The van der Waals surface area contributed by atoms with Crippen LogP contribution in [0.15, 0.2) is 72.8 Å². The number of ether oxygens (including phenoxy) is 2. The second kappa shape index (κ2) is 13.9. The number of benzene rings is 3. The van der Waals surface area contributed by atoms with Crippen LogP contribution in [0.3, 0.4) is 0 Å². The van der Waals surface area contributed by atoms with E-state index in [0.29, 0.717) is 13.1 Å². The van der Waals surface area contributed by atoms with E-state index in [2.05, 4.69) is 58.0 Å². The van der Waals surface area contributed by atoms with Crippen LogP contribution in [0.25, 0.3) is 11.1 Å². The molecule has 5 rings (SSSR count). The first kappa shape index (κ1) is 28.3. The average Bonchev–Trinajstić information content (AvgIpc) is 3.01. The van der Waals surface area contributed by atoms with Crippen molar-refractivity contribution in [2.75, 3.05) is 26.2 Å². The maximum absolute atomic E-state index is 11.9. The van der Waals surface area contributed by atoms with Crippen molar-refractivity contribution < 1.29 is 19.4 Å². The van der Waals surface area contributed by atoms with Crippen LogP contribution in [0.5, 0.6) is 0 Å². The number of hydrogen-bond donors (Lipinski definition) is 3. The van der Waals surface area contributed by atoms with Crippen molar-refractivity contribution >= 4 is 6.03 Å². The van der Waals surface area contributed by atoms with Crippen molar-refractivity contribution in [3.05, 3.63) is 95.1 Å². The van der Waals surface area contributed by atoms with Crippen LogP contribution >= 0.6 is 0 Å². The molecule has 3 unspecified atom stereocenters. The van der Waals surface area contributed by atoms with Gasteiger partial charge in [0.1, 0.15) is 0 Å². The van der Waals surface area contributed by atoms with Gasteiger partial charge in [0.2, 0.25) is 0 Å². The lowest BCUT2D eigenvalue weighted by Gasteiger charge is -2.39. The molecule has 2 fully saturated rings. The molecule has 40 heavy (non-hydrogen) atoms. The smallest absolute Gasteiger partial charge is 0.315 e. The molecule has 2 amide bonds. The van der Waals surface area contributed by atoms with Gasteiger partial charge >= 0.3 is 6.03 Å². The summed E-state index contributed by atoms with van der Waals surface area (Å²) in [5.41, 5.74) is 6.21. The zero-order valence-electron chi connectivity index (χ0n) is 23.4. The molecule has 2 heterocycles. The SMILES string of the molecule is CCNC(=O)NCc1ccccc1-c1ccc(C2OC(CN3CCCCC3)CC(c3ccc(CO)cc3)O2)cc1. The molecule has 3 N–H and O–H groups in total. The van der Waals surface area contributed by atoms with Gasteiger partial charge in [-0.05, 0) is 60.7 Å². The van der Waals surface area contributed by atoms with Gasteiger partial charge in [0, 0.05) is 31.6 Å². The zero-order valence-corrected chi connectivity index (χ0v) is 23.4. The molecule has 7 heteroatoms. The van der Waals surface area contributed by atoms with Crippen molar-refractivity contribution in [1.29, 1.82) is 0 Å². The van der Waals surface area contributed by atoms with E-state index in [4.69, 9.17) is 9.47 Å². The summed E-state index contributed by atoms with van der Waals surface area (Å²) in [5, 5.41) is 15.2. The molecule has 0 bridgehead atoms. The third-order valence-corrected chi connectivity index (χ3v) is 7.81. The number of carbonyl (C=O) groups is 1. The third kappa shape index (κ3) is 7.29. The lowest BCUT2D eigenvalue weighted by atomic mass is 9.97. The van der Waals surface area contributed by atoms with E-state index in [1.54, 1.807) is 0 Å². The number of piperidine rings is 1. The number of carbonyl (C=O) groups excluding carboxylic acids is 1. The highest BCUT2D eigenvalue weighted by Crippen LogP contribution is 2.39. The fourth-order valence-corrected chi connectivity index (χ4v) is 5.64. The molecule has 3 atom stereocenters. The van der Waals surface area contributed by atoms with E-state index in [-0.39, 0.29) is 24.8 Å². The predicted molar refractivity (Wildman–Crippen MR) is 157 cm³/mol. The highest BCUT2D eigenvalue weighted by atomic mass is 16.7. The van der Waals surface area contributed by atoms with Crippen molar-refractivity contribution in [2.24, 2.45) is 0 Å². The molecule has 0 aliphatic carbocycles. The molecule has 7 nitrogen and oxygen atoms in total. The van der Waals surface area contributed by atoms with Crippen LogP contribution < -0.4 is 10.6 Å². The minimum Gasteiger partial charge on any atom is -0.392 e. The van der Waals surface area contributed by atoms with Gasteiger partial charge in [-0.3, -0.25) is 0 Å². The highest BCUT2D eigenvalue weighted by Gasteiger charge is 2.33. The Hall–Kier alpha value is -3.23. The number of nitrogens with zero attached hydrogens (tertiary/aromatic N) is 1. The minimum absolute atomic E-state index is 0.0343. The summed E-state index contributed by atoms with van der Waals surface area (Å²) in [6.07, 6.45) is 4.14. The maximum Gasteiger partial charge on any atom is 0.315 e. The van der Waals surface area contributed by atoms with Crippen LogP contribution in [0.1, 0.15) is 67.3 Å². The molecular formula is C33H41N3O4. The van der Waals surface area contributed by atoms with Crippen LogP contribution in [0.2, 0.25) is 0 Å². The average molecular weight is 544 g/mol. The number of likely N-dealkylation sites (tertiary alicyclic amines) is 1. The first-order chi connectivity index (χ1) is 19.6. The monoisotopic (exact) mass is 543 g/mol. The Morgan fingerprint density at radius 2 is 1.62 bits per heavy atom. The summed E-state index contributed by atoms with van der Waals surface area (Å²) in [7, 11) is 0. The lowest BCUT2D eigenvalue weighted by molar-refractivity contribution is -0.253. The second-order valence-corrected chi connectivity index (χ2v) is 10.7. The summed E-state index contributed by atoms with van der Waals surface area (Å²) in [5.74, 6) is 0. The maximum atomic E-state index is 11.9. The van der Waals surface area contributed by atoms with Gasteiger partial charge in [-0.2, -0.15) is 0 Å². The molecule has 0 aromatic heterocycles. The summed E-state index contributed by atoms with van der Waals surface area (Å²) < 4.78 is 13.1. The Balaban J connectivity index is 1.33. The van der Waals surface area contributed by atoms with Crippen molar-refractivity contribution in [3.63, 3.8) is 0 Å². The quantitative estimate of drug-likeness (QED) is 0.323. The van der Waals surface area contributed by atoms with Gasteiger partial charge < -0.3 is 30.1 Å². The Morgan fingerprint density at radius 3 is 2.35 bits per heavy atom. The molecule has 0 saturated carbocycles. The summed E-state index contributed by atoms with van der Waals surface area (Å²) in [4.78, 5) is 14.5. The number of amides is 2. The van der Waals surface area contributed by atoms with E-state index in [1.807, 2.05) is 37.3 Å². The van der Waals surface area contributed by atoms with Crippen molar-refractivity contribution in [1.82, 2.24) is 15.5 Å². The van der Waals surface area contributed by atoms with Crippen LogP contribution in [-0.2, 0) is 22.6 Å². The number of aliphatic hydroxyl groups excluding tert-OH is 1. The highest BCUT2D eigenvalue weighted by molar-refractivity contribution is 5.74. The molecule has 0 radical (unpaired) electrons. The molecule has 3 aromatic carbocycles. The number of aliphatic hydroxyl groups is 1. The first-order valence-corrected chi connectivity index (χ1v) is 14.6. The van der Waals surface area contributed by atoms with E-state index in [9.17, 15) is 9.90 Å². The predicted octanol–water partition coefficient (Wildman–Crippen LogP) is 5.70. The molecule has 0 spiro atoms. The zero-order chi connectivity index (χ0) is 27.7. The number of rotatable bonds is 9. The van der Waals surface area contributed by atoms with Crippen molar-refractivity contribution in [2.45, 2.75) is 64.3 Å².